The molecule has 0 aromatic rings. The second kappa shape index (κ2) is 5.66. The molecule has 1 saturated carbocycles. The van der Waals surface area contributed by atoms with Gasteiger partial charge < -0.3 is 10.1 Å². The molecular weight excluding hydrogens is 186 g/mol. The Morgan fingerprint density at radius 1 is 1.33 bits per heavy atom. The van der Waals surface area contributed by atoms with E-state index in [-0.39, 0.29) is 0 Å². The first-order chi connectivity index (χ1) is 7.40. The normalized spacial score (nSPS) is 32.7. The summed E-state index contributed by atoms with van der Waals surface area (Å²) in [4.78, 5) is 0. The number of allylic oxidation sites excluding steroid dienone is 2. The smallest absolute Gasteiger partial charge is 0.0477 e. The van der Waals surface area contributed by atoms with E-state index < -0.39 is 0 Å². The maximum absolute atomic E-state index is 5.30. The summed E-state index contributed by atoms with van der Waals surface area (Å²) in [6.45, 7) is 6.11. The minimum Gasteiger partial charge on any atom is -0.382 e. The Morgan fingerprint density at radius 2 is 2.27 bits per heavy atom. The molecular formula is C13H23NO. The molecule has 2 aliphatic rings. The number of hydrogen-bond acceptors (Lipinski definition) is 2. The first kappa shape index (κ1) is 11.2. The fourth-order valence-corrected chi connectivity index (χ4v) is 2.86. The second-order valence-electron chi connectivity index (χ2n) is 4.79. The van der Waals surface area contributed by atoms with Gasteiger partial charge in [0.05, 0.1) is 0 Å². The Bertz CT molecular complexity index is 215. The molecule has 15 heavy (non-hydrogen) atoms. The van der Waals surface area contributed by atoms with E-state index in [1.54, 1.807) is 0 Å². The minimum atomic E-state index is 0.844. The summed E-state index contributed by atoms with van der Waals surface area (Å²) in [5, 5.41) is 3.56. The van der Waals surface area contributed by atoms with E-state index in [9.17, 15) is 0 Å². The van der Waals surface area contributed by atoms with Gasteiger partial charge in [-0.25, -0.2) is 0 Å². The van der Waals surface area contributed by atoms with Gasteiger partial charge >= 0.3 is 0 Å². The molecule has 0 amide bonds. The molecule has 0 aromatic heterocycles. The highest BCUT2D eigenvalue weighted by Gasteiger charge is 2.34. The molecule has 0 aliphatic heterocycles. The van der Waals surface area contributed by atoms with E-state index in [0.29, 0.717) is 0 Å². The molecule has 2 aliphatic carbocycles. The van der Waals surface area contributed by atoms with Crippen molar-refractivity contribution >= 4 is 0 Å². The van der Waals surface area contributed by atoms with Crippen molar-refractivity contribution in [3.05, 3.63) is 12.2 Å². The molecule has 2 bridgehead atoms. The number of rotatable bonds is 7. The summed E-state index contributed by atoms with van der Waals surface area (Å²) in [6.07, 6.45) is 8.83. The topological polar surface area (TPSA) is 21.3 Å². The average Bonchev–Trinajstić information content (AvgIpc) is 2.85. The lowest BCUT2D eigenvalue weighted by Crippen LogP contribution is -2.26. The van der Waals surface area contributed by atoms with E-state index >= 15 is 0 Å². The van der Waals surface area contributed by atoms with Crippen LogP contribution in [0.25, 0.3) is 0 Å². The lowest BCUT2D eigenvalue weighted by atomic mass is 9.94. The van der Waals surface area contributed by atoms with Crippen LogP contribution in [0, 0.1) is 17.8 Å². The second-order valence-corrected chi connectivity index (χ2v) is 4.79. The monoisotopic (exact) mass is 209 g/mol. The summed E-state index contributed by atoms with van der Waals surface area (Å²) < 4.78 is 5.30. The van der Waals surface area contributed by atoms with Gasteiger partial charge in [-0.3, -0.25) is 0 Å². The molecule has 2 heteroatoms. The van der Waals surface area contributed by atoms with E-state index in [2.05, 4.69) is 24.4 Å². The highest BCUT2D eigenvalue weighted by atomic mass is 16.5. The van der Waals surface area contributed by atoms with Crippen molar-refractivity contribution in [3.63, 3.8) is 0 Å². The van der Waals surface area contributed by atoms with Crippen molar-refractivity contribution in [2.45, 2.75) is 26.2 Å². The van der Waals surface area contributed by atoms with Crippen LogP contribution < -0.4 is 5.32 Å². The highest BCUT2D eigenvalue weighted by molar-refractivity contribution is 5.10. The van der Waals surface area contributed by atoms with Gasteiger partial charge in [0.15, 0.2) is 0 Å². The average molecular weight is 209 g/mol. The zero-order valence-corrected chi connectivity index (χ0v) is 9.74. The van der Waals surface area contributed by atoms with Crippen LogP contribution in [0.5, 0.6) is 0 Å². The van der Waals surface area contributed by atoms with Crippen LogP contribution >= 0.6 is 0 Å². The van der Waals surface area contributed by atoms with Crippen molar-refractivity contribution in [1.29, 1.82) is 0 Å². The fraction of sp³-hybridized carbons (Fsp3) is 0.846. The van der Waals surface area contributed by atoms with Crippen molar-refractivity contribution in [2.75, 3.05) is 26.3 Å². The Balaban J connectivity index is 1.50. The largest absolute Gasteiger partial charge is 0.382 e. The summed E-state index contributed by atoms with van der Waals surface area (Å²) in [5.74, 6) is 2.70. The summed E-state index contributed by atoms with van der Waals surface area (Å²) >= 11 is 0. The number of nitrogens with one attached hydrogen (secondary N) is 1. The van der Waals surface area contributed by atoms with Crippen molar-refractivity contribution in [3.8, 4) is 0 Å². The van der Waals surface area contributed by atoms with E-state index in [0.717, 1.165) is 43.9 Å². The van der Waals surface area contributed by atoms with Crippen LogP contribution in [0.15, 0.2) is 12.2 Å². The number of ether oxygens (including phenoxy) is 1. The van der Waals surface area contributed by atoms with Gasteiger partial charge in [-0.2, -0.15) is 0 Å². The van der Waals surface area contributed by atoms with Crippen molar-refractivity contribution < 1.29 is 4.74 Å². The van der Waals surface area contributed by atoms with Gasteiger partial charge in [0, 0.05) is 13.2 Å². The summed E-state index contributed by atoms with van der Waals surface area (Å²) in [7, 11) is 0. The van der Waals surface area contributed by atoms with Crippen LogP contribution in [0.2, 0.25) is 0 Å². The Hall–Kier alpha value is -0.340. The SMILES string of the molecule is CCOCCCNC[C@@H]1C[C@H]2C=C[C@H]1C2. The maximum atomic E-state index is 5.30. The van der Waals surface area contributed by atoms with Gasteiger partial charge in [-0.15, -0.1) is 0 Å². The first-order valence-electron chi connectivity index (χ1n) is 6.37. The predicted octanol–water partition coefficient (Wildman–Crippen LogP) is 2.21. The van der Waals surface area contributed by atoms with Crippen LogP contribution in [0.3, 0.4) is 0 Å². The van der Waals surface area contributed by atoms with Crippen LogP contribution in [-0.4, -0.2) is 26.3 Å². The Kier molecular flexibility index (Phi) is 4.21. The standard InChI is InChI=1S/C13H23NO/c1-2-15-7-3-6-14-10-13-9-11-4-5-12(13)8-11/h4-5,11-14H,2-3,6-10H2,1H3/t11-,12-,13-/m0/s1. The number of hydrogen-bond donors (Lipinski definition) is 1. The predicted molar refractivity (Wildman–Crippen MR) is 62.8 cm³/mol. The molecule has 86 valence electrons. The third kappa shape index (κ3) is 3.05. The molecule has 2 nitrogen and oxygen atoms in total. The molecule has 0 heterocycles. The van der Waals surface area contributed by atoms with Gasteiger partial charge in [0.2, 0.25) is 0 Å². The minimum absolute atomic E-state index is 0.844. The van der Waals surface area contributed by atoms with E-state index in [1.165, 1.54) is 19.4 Å². The Labute approximate surface area is 93.1 Å². The van der Waals surface area contributed by atoms with Gasteiger partial charge in [-0.05, 0) is 57.0 Å². The molecule has 0 radical (unpaired) electrons. The van der Waals surface area contributed by atoms with Crippen molar-refractivity contribution in [2.24, 2.45) is 17.8 Å². The summed E-state index contributed by atoms with van der Waals surface area (Å²) in [6, 6.07) is 0. The number of fused-ring (bicyclic) bond motifs is 2. The van der Waals surface area contributed by atoms with Crippen LogP contribution in [-0.2, 0) is 4.74 Å². The van der Waals surface area contributed by atoms with Gasteiger partial charge in [0.1, 0.15) is 0 Å². The Morgan fingerprint density at radius 3 is 2.93 bits per heavy atom. The highest BCUT2D eigenvalue weighted by Crippen LogP contribution is 2.42. The van der Waals surface area contributed by atoms with Gasteiger partial charge in [0.25, 0.3) is 0 Å². The quantitative estimate of drug-likeness (QED) is 0.513. The fourth-order valence-electron chi connectivity index (χ4n) is 2.86. The lowest BCUT2D eigenvalue weighted by molar-refractivity contribution is 0.144. The first-order valence-corrected chi connectivity index (χ1v) is 6.37. The molecule has 0 spiro atoms. The molecule has 1 N–H and O–H groups in total. The summed E-state index contributed by atoms with van der Waals surface area (Å²) in [5.41, 5.74) is 0. The van der Waals surface area contributed by atoms with Crippen molar-refractivity contribution in [1.82, 2.24) is 5.32 Å². The maximum Gasteiger partial charge on any atom is 0.0477 e. The third-order valence-electron chi connectivity index (χ3n) is 3.67. The molecule has 2 rings (SSSR count). The molecule has 0 unspecified atom stereocenters. The van der Waals surface area contributed by atoms with Gasteiger partial charge in [-0.1, -0.05) is 12.2 Å². The third-order valence-corrected chi connectivity index (χ3v) is 3.67. The van der Waals surface area contributed by atoms with Crippen LogP contribution in [0.1, 0.15) is 26.2 Å². The lowest BCUT2D eigenvalue weighted by Gasteiger charge is -2.18. The van der Waals surface area contributed by atoms with Crippen LogP contribution in [0.4, 0.5) is 0 Å². The van der Waals surface area contributed by atoms with E-state index in [1.807, 2.05) is 0 Å². The molecule has 1 fully saturated rings. The molecule has 3 atom stereocenters. The zero-order valence-electron chi connectivity index (χ0n) is 9.74. The van der Waals surface area contributed by atoms with E-state index in [4.69, 9.17) is 4.74 Å². The zero-order chi connectivity index (χ0) is 10.5. The molecule has 0 saturated heterocycles. The molecule has 0 aromatic carbocycles.